The van der Waals surface area contributed by atoms with Gasteiger partial charge in [0, 0.05) is 37.9 Å². The number of rotatable bonds is 5. The summed E-state index contributed by atoms with van der Waals surface area (Å²) in [7, 11) is 0. The number of nitrogens with one attached hydrogen (secondary N) is 1. The molecule has 5 nitrogen and oxygen atoms in total. The Bertz CT molecular complexity index is 767. The molecule has 1 atom stereocenters. The van der Waals surface area contributed by atoms with Crippen molar-refractivity contribution < 1.29 is 4.79 Å². The molecule has 0 saturated carbocycles. The largest absolute Gasteiger partial charge is 0.322 e. The van der Waals surface area contributed by atoms with E-state index in [0.717, 1.165) is 26.1 Å². The molecule has 2 aromatic rings. The molecule has 0 bridgehead atoms. The minimum Gasteiger partial charge on any atom is -0.320 e. The fourth-order valence-electron chi connectivity index (χ4n) is 3.44. The summed E-state index contributed by atoms with van der Waals surface area (Å²) in [6.45, 7) is 5.50. The number of likely N-dealkylation sites (tertiary alicyclic amines) is 1. The van der Waals surface area contributed by atoms with Crippen LogP contribution in [0, 0.1) is 11.3 Å². The first-order chi connectivity index (χ1) is 12.7. The molecule has 1 aliphatic rings. The van der Waals surface area contributed by atoms with Crippen molar-refractivity contribution in [3.05, 3.63) is 65.7 Å². The van der Waals surface area contributed by atoms with E-state index >= 15 is 0 Å². The molecule has 1 saturated heterocycles. The first kappa shape index (κ1) is 18.0. The Morgan fingerprint density at radius 3 is 2.62 bits per heavy atom. The Hall–Kier alpha value is -2.84. The summed E-state index contributed by atoms with van der Waals surface area (Å²) in [6, 6.07) is 19.6. The molecular formula is C21H24N4O. The van der Waals surface area contributed by atoms with Gasteiger partial charge in [0.05, 0.1) is 11.6 Å². The first-order valence-electron chi connectivity index (χ1n) is 9.03. The number of likely N-dealkylation sites (N-methyl/N-ethyl adjacent to an activating group) is 1. The van der Waals surface area contributed by atoms with Crippen molar-refractivity contribution in [2.24, 2.45) is 0 Å². The van der Waals surface area contributed by atoms with Gasteiger partial charge < -0.3 is 10.2 Å². The van der Waals surface area contributed by atoms with Crippen LogP contribution < -0.4 is 5.32 Å². The van der Waals surface area contributed by atoms with Gasteiger partial charge in [-0.1, -0.05) is 30.3 Å². The lowest BCUT2D eigenvalue weighted by atomic mass is 10.2. The Kier molecular flexibility index (Phi) is 5.88. The molecule has 1 aliphatic heterocycles. The highest BCUT2D eigenvalue weighted by Crippen LogP contribution is 2.19. The van der Waals surface area contributed by atoms with Crippen LogP contribution in [-0.2, 0) is 6.54 Å². The normalized spacial score (nSPS) is 16.8. The van der Waals surface area contributed by atoms with Crippen LogP contribution in [0.15, 0.2) is 54.6 Å². The number of carbonyl (C=O) groups excluding carboxylic acids is 1. The molecule has 1 heterocycles. The third-order valence-corrected chi connectivity index (χ3v) is 4.80. The van der Waals surface area contributed by atoms with Crippen molar-refractivity contribution in [3.63, 3.8) is 0 Å². The van der Waals surface area contributed by atoms with Crippen molar-refractivity contribution in [2.75, 3.05) is 25.0 Å². The standard InChI is InChI=1S/C21H24N4O/c1-2-25(21(26)23-19-10-8-17(14-22)9-11-19)20-12-13-24(16-20)15-18-6-4-3-5-7-18/h3-11,20H,2,12-13,15-16H2,1H3,(H,23,26). The molecule has 0 aromatic heterocycles. The molecule has 0 spiro atoms. The van der Waals surface area contributed by atoms with Gasteiger partial charge in [0.25, 0.3) is 0 Å². The summed E-state index contributed by atoms with van der Waals surface area (Å²) in [5.74, 6) is 0. The van der Waals surface area contributed by atoms with E-state index in [2.05, 4.69) is 40.6 Å². The summed E-state index contributed by atoms with van der Waals surface area (Å²) >= 11 is 0. The Labute approximate surface area is 154 Å². The average Bonchev–Trinajstić information content (AvgIpc) is 3.12. The van der Waals surface area contributed by atoms with Gasteiger partial charge in [0.2, 0.25) is 0 Å². The van der Waals surface area contributed by atoms with Gasteiger partial charge >= 0.3 is 6.03 Å². The number of anilines is 1. The van der Waals surface area contributed by atoms with Gasteiger partial charge in [0.1, 0.15) is 0 Å². The number of urea groups is 1. The third-order valence-electron chi connectivity index (χ3n) is 4.80. The quantitative estimate of drug-likeness (QED) is 0.896. The third kappa shape index (κ3) is 4.41. The molecule has 1 N–H and O–H groups in total. The molecule has 2 aromatic carbocycles. The molecule has 0 aliphatic carbocycles. The van der Waals surface area contributed by atoms with Gasteiger partial charge in [-0.05, 0) is 43.2 Å². The zero-order chi connectivity index (χ0) is 18.4. The number of amides is 2. The number of hydrogen-bond acceptors (Lipinski definition) is 3. The minimum absolute atomic E-state index is 0.0798. The Morgan fingerprint density at radius 1 is 1.23 bits per heavy atom. The second-order valence-electron chi connectivity index (χ2n) is 6.57. The van der Waals surface area contributed by atoms with E-state index in [9.17, 15) is 4.79 Å². The maximum absolute atomic E-state index is 12.7. The fourth-order valence-corrected chi connectivity index (χ4v) is 3.44. The fraction of sp³-hybridized carbons (Fsp3) is 0.333. The van der Waals surface area contributed by atoms with Crippen LogP contribution in [0.3, 0.4) is 0 Å². The van der Waals surface area contributed by atoms with Crippen molar-refractivity contribution >= 4 is 11.7 Å². The summed E-state index contributed by atoms with van der Waals surface area (Å²) < 4.78 is 0. The van der Waals surface area contributed by atoms with E-state index in [1.165, 1.54) is 5.56 Å². The summed E-state index contributed by atoms with van der Waals surface area (Å²) in [4.78, 5) is 17.0. The van der Waals surface area contributed by atoms with Gasteiger partial charge in [-0.25, -0.2) is 4.79 Å². The molecular weight excluding hydrogens is 324 g/mol. The minimum atomic E-state index is -0.0798. The molecule has 3 rings (SSSR count). The van der Waals surface area contributed by atoms with E-state index in [4.69, 9.17) is 5.26 Å². The number of hydrogen-bond donors (Lipinski definition) is 1. The SMILES string of the molecule is CCN(C(=O)Nc1ccc(C#N)cc1)C1CCN(Cc2ccccc2)C1. The maximum Gasteiger partial charge on any atom is 0.322 e. The lowest BCUT2D eigenvalue weighted by Gasteiger charge is -2.28. The number of benzene rings is 2. The van der Waals surface area contributed by atoms with Crippen molar-refractivity contribution in [1.82, 2.24) is 9.80 Å². The first-order valence-corrected chi connectivity index (χ1v) is 9.03. The van der Waals surface area contributed by atoms with Crippen LogP contribution in [0.2, 0.25) is 0 Å². The molecule has 1 fully saturated rings. The van der Waals surface area contributed by atoms with Crippen LogP contribution >= 0.6 is 0 Å². The predicted octanol–water partition coefficient (Wildman–Crippen LogP) is 3.69. The Morgan fingerprint density at radius 2 is 1.96 bits per heavy atom. The maximum atomic E-state index is 12.7. The number of carbonyl (C=O) groups is 1. The van der Waals surface area contributed by atoms with Crippen molar-refractivity contribution in [2.45, 2.75) is 25.9 Å². The van der Waals surface area contributed by atoms with Gasteiger partial charge in [-0.15, -0.1) is 0 Å². The summed E-state index contributed by atoms with van der Waals surface area (Å²) in [5.41, 5.74) is 2.60. The van der Waals surface area contributed by atoms with E-state index in [0.29, 0.717) is 17.8 Å². The van der Waals surface area contributed by atoms with Crippen LogP contribution in [0.25, 0.3) is 0 Å². The zero-order valence-corrected chi connectivity index (χ0v) is 15.1. The molecule has 0 radical (unpaired) electrons. The molecule has 5 heteroatoms. The van der Waals surface area contributed by atoms with Crippen molar-refractivity contribution in [1.29, 1.82) is 5.26 Å². The van der Waals surface area contributed by atoms with Gasteiger partial charge in [-0.2, -0.15) is 5.26 Å². The van der Waals surface area contributed by atoms with Crippen LogP contribution in [0.5, 0.6) is 0 Å². The predicted molar refractivity (Wildman–Crippen MR) is 103 cm³/mol. The highest BCUT2D eigenvalue weighted by atomic mass is 16.2. The topological polar surface area (TPSA) is 59.4 Å². The smallest absolute Gasteiger partial charge is 0.320 e. The number of nitrogens with zero attached hydrogens (tertiary/aromatic N) is 3. The van der Waals surface area contributed by atoms with Crippen LogP contribution in [0.1, 0.15) is 24.5 Å². The van der Waals surface area contributed by atoms with E-state index < -0.39 is 0 Å². The highest BCUT2D eigenvalue weighted by Gasteiger charge is 2.29. The van der Waals surface area contributed by atoms with E-state index in [-0.39, 0.29) is 12.1 Å². The Balaban J connectivity index is 1.57. The average molecular weight is 348 g/mol. The lowest BCUT2D eigenvalue weighted by Crippen LogP contribution is -2.44. The van der Waals surface area contributed by atoms with Crippen LogP contribution in [-0.4, -0.2) is 41.5 Å². The molecule has 1 unspecified atom stereocenters. The second kappa shape index (κ2) is 8.50. The summed E-state index contributed by atoms with van der Waals surface area (Å²) in [5, 5.41) is 11.8. The molecule has 26 heavy (non-hydrogen) atoms. The highest BCUT2D eigenvalue weighted by molar-refractivity contribution is 5.89. The lowest BCUT2D eigenvalue weighted by molar-refractivity contribution is 0.189. The molecule has 2 amide bonds. The van der Waals surface area contributed by atoms with Gasteiger partial charge in [0.15, 0.2) is 0 Å². The monoisotopic (exact) mass is 348 g/mol. The number of nitriles is 1. The van der Waals surface area contributed by atoms with E-state index in [1.807, 2.05) is 17.9 Å². The summed E-state index contributed by atoms with van der Waals surface area (Å²) in [6.07, 6.45) is 0.988. The van der Waals surface area contributed by atoms with Crippen molar-refractivity contribution in [3.8, 4) is 6.07 Å². The van der Waals surface area contributed by atoms with Gasteiger partial charge in [-0.3, -0.25) is 4.90 Å². The zero-order valence-electron chi connectivity index (χ0n) is 15.1. The van der Waals surface area contributed by atoms with Crippen LogP contribution in [0.4, 0.5) is 10.5 Å². The van der Waals surface area contributed by atoms with E-state index in [1.54, 1.807) is 24.3 Å². The second-order valence-corrected chi connectivity index (χ2v) is 6.57. The molecule has 134 valence electrons.